The summed E-state index contributed by atoms with van der Waals surface area (Å²) in [6.45, 7) is 8.95. The molecule has 0 bridgehead atoms. The molecule has 5 rings (SSSR count). The molecule has 1 aliphatic heterocycles. The molecule has 0 unspecified atom stereocenters. The summed E-state index contributed by atoms with van der Waals surface area (Å²) in [4.78, 5) is 9.63. The van der Waals surface area contributed by atoms with E-state index in [9.17, 15) is 6.63 Å². The van der Waals surface area contributed by atoms with Crippen LogP contribution < -0.4 is 21.6 Å². The second-order valence-corrected chi connectivity index (χ2v) is 11.4. The summed E-state index contributed by atoms with van der Waals surface area (Å²) in [5.74, 6) is 0. The van der Waals surface area contributed by atoms with Gasteiger partial charge in [0.1, 0.15) is 12.1 Å². The Balaban J connectivity index is 1.60. The molecule has 1 saturated carbocycles. The molecular weight excluding hydrogens is 480 g/mol. The molecule has 0 spiro atoms. The first-order chi connectivity index (χ1) is 17.1. The van der Waals surface area contributed by atoms with Crippen LogP contribution in [0, 0.1) is 23.7 Å². The van der Waals surface area contributed by atoms with Gasteiger partial charge >= 0.3 is 0 Å². The van der Waals surface area contributed by atoms with Gasteiger partial charge in [0.25, 0.3) is 0 Å². The molecule has 1 fully saturated rings. The van der Waals surface area contributed by atoms with Crippen LogP contribution >= 0.6 is 22.9 Å². The van der Waals surface area contributed by atoms with Crippen LogP contribution in [0.5, 0.6) is 0 Å². The summed E-state index contributed by atoms with van der Waals surface area (Å²) >= 11 is 8.13. The van der Waals surface area contributed by atoms with E-state index in [1.54, 1.807) is 17.8 Å². The average molecular weight is 510 g/mol. The molecule has 0 saturated heterocycles. The second kappa shape index (κ2) is 9.19. The van der Waals surface area contributed by atoms with E-state index in [1.807, 2.05) is 24.2 Å². The Hall–Kier alpha value is -3.06. The predicted molar refractivity (Wildman–Crippen MR) is 142 cm³/mol. The zero-order valence-corrected chi connectivity index (χ0v) is 21.7. The third-order valence-corrected chi connectivity index (χ3v) is 7.11. The van der Waals surface area contributed by atoms with Crippen molar-refractivity contribution in [1.29, 1.82) is 5.26 Å². The van der Waals surface area contributed by atoms with Gasteiger partial charge in [-0.1, -0.05) is 32.4 Å². The number of thiazole rings is 1. The zero-order chi connectivity index (χ0) is 25.7. The van der Waals surface area contributed by atoms with Gasteiger partial charge in [0.2, 0.25) is 0 Å². The number of nitriles is 1. The molecule has 0 amide bonds. The fourth-order valence-corrected chi connectivity index (χ4v) is 4.98. The van der Waals surface area contributed by atoms with Crippen molar-refractivity contribution in [2.45, 2.75) is 52.6 Å². The Kier molecular flexibility index (Phi) is 5.88. The van der Waals surface area contributed by atoms with Crippen molar-refractivity contribution >= 4 is 45.2 Å². The quantitative estimate of drug-likeness (QED) is 0.333. The number of anilines is 2. The van der Waals surface area contributed by atoms with Gasteiger partial charge in [-0.15, -0.1) is 16.9 Å². The van der Waals surface area contributed by atoms with Gasteiger partial charge in [-0.05, 0) is 37.3 Å². The first-order valence-corrected chi connectivity index (χ1v) is 12.8. The number of hydrazine groups is 2. The number of aromatic nitrogens is 2. The van der Waals surface area contributed by atoms with Gasteiger partial charge in [-0.25, -0.2) is 4.98 Å². The number of hydrogen-bond acceptors (Lipinski definition) is 9. The van der Waals surface area contributed by atoms with Crippen LogP contribution in [0.1, 0.15) is 57.1 Å². The Morgan fingerprint density at radius 1 is 1.37 bits per heavy atom. The Bertz CT molecular complexity index is 1390. The first-order valence-electron chi connectivity index (χ1n) is 12.1. The maximum Gasteiger partial charge on any atom is 0.106 e. The van der Waals surface area contributed by atoms with E-state index in [0.29, 0.717) is 45.8 Å². The molecule has 35 heavy (non-hydrogen) atoms. The number of aryl methyl sites for hydroxylation is 1. The second-order valence-electron chi connectivity index (χ2n) is 10.1. The van der Waals surface area contributed by atoms with E-state index in [2.05, 4.69) is 58.4 Å². The number of nitrogens with zero attached hydrogens (tertiary/aromatic N) is 4. The summed E-state index contributed by atoms with van der Waals surface area (Å²) in [5.41, 5.74) is 11.9. The lowest BCUT2D eigenvalue weighted by Gasteiger charge is -2.23. The van der Waals surface area contributed by atoms with E-state index in [1.165, 1.54) is 11.3 Å². The molecule has 8 nitrogen and oxygen atoms in total. The van der Waals surface area contributed by atoms with Gasteiger partial charge < -0.3 is 16.1 Å². The van der Waals surface area contributed by atoms with Crippen molar-refractivity contribution in [2.24, 2.45) is 5.41 Å². The Labute approximate surface area is 215 Å². The van der Waals surface area contributed by atoms with Crippen LogP contribution in [0.15, 0.2) is 35.7 Å². The van der Waals surface area contributed by atoms with Crippen LogP contribution in [0.3, 0.4) is 0 Å². The highest BCUT2D eigenvalue weighted by molar-refractivity contribution is 7.09. The largest absolute Gasteiger partial charge is 0.383 e. The molecule has 182 valence electrons. The highest BCUT2D eigenvalue weighted by Gasteiger charge is 2.33. The van der Waals surface area contributed by atoms with E-state index in [0.717, 1.165) is 28.8 Å². The van der Waals surface area contributed by atoms with Gasteiger partial charge in [-0.3, -0.25) is 9.99 Å². The van der Waals surface area contributed by atoms with Crippen LogP contribution in [0.4, 0.5) is 11.4 Å². The van der Waals surface area contributed by atoms with Gasteiger partial charge in [0.15, 0.2) is 0 Å². The Morgan fingerprint density at radius 3 is 2.83 bits per heavy atom. The molecule has 0 radical (unpaired) electrons. The number of benzene rings is 1. The molecule has 1 aromatic carbocycles. The lowest BCUT2D eigenvalue weighted by atomic mass is 9.96. The smallest absolute Gasteiger partial charge is 0.106 e. The van der Waals surface area contributed by atoms with E-state index >= 15 is 0 Å². The molecule has 2 aromatic heterocycles. The van der Waals surface area contributed by atoms with Crippen LogP contribution in [-0.2, 0) is 0 Å². The average Bonchev–Trinajstić information content (AvgIpc) is 3.37. The minimum absolute atomic E-state index is 0.00303. The SMILES string of the molecule is [2H][C@@](Nc1cc(Cl)c2ncc(C#N)c(NCC(C)(C)C)c2c1)(C1=CN(C2CC2)NN1)c1scnc1C. The number of pyridine rings is 1. The lowest BCUT2D eigenvalue weighted by Crippen LogP contribution is -2.38. The third kappa shape index (κ3) is 5.01. The summed E-state index contributed by atoms with van der Waals surface area (Å²) in [7, 11) is 0. The Morgan fingerprint density at radius 2 is 2.17 bits per heavy atom. The van der Waals surface area contributed by atoms with Gasteiger partial charge in [0.05, 0.1) is 44.9 Å². The number of fused-ring (bicyclic) bond motifs is 1. The van der Waals surface area contributed by atoms with Crippen LogP contribution in [0.2, 0.25) is 5.02 Å². The van der Waals surface area contributed by atoms with Crippen molar-refractivity contribution in [3.63, 3.8) is 0 Å². The molecule has 1 aliphatic carbocycles. The van der Waals surface area contributed by atoms with Gasteiger partial charge in [-0.2, -0.15) is 5.26 Å². The third-order valence-electron chi connectivity index (χ3n) is 5.88. The number of halogens is 1. The van der Waals surface area contributed by atoms with E-state index in [-0.39, 0.29) is 5.41 Å². The lowest BCUT2D eigenvalue weighted by molar-refractivity contribution is 0.260. The maximum absolute atomic E-state index is 9.76. The summed E-state index contributed by atoms with van der Waals surface area (Å²) in [5, 5.41) is 19.8. The van der Waals surface area contributed by atoms with Crippen LogP contribution in [-0.4, -0.2) is 27.6 Å². The number of rotatable bonds is 7. The topological polar surface area (TPSA) is 101 Å². The molecule has 3 heterocycles. The van der Waals surface area contributed by atoms with E-state index in [4.69, 9.17) is 11.6 Å². The zero-order valence-electron chi connectivity index (χ0n) is 21.2. The predicted octanol–water partition coefficient (Wildman–Crippen LogP) is 5.46. The summed E-state index contributed by atoms with van der Waals surface area (Å²) in [6, 6.07) is 5.01. The molecule has 3 aromatic rings. The minimum atomic E-state index is -1.35. The van der Waals surface area contributed by atoms with Crippen molar-refractivity contribution in [3.05, 3.63) is 56.9 Å². The molecular formula is C25H29ClN8S. The minimum Gasteiger partial charge on any atom is -0.383 e. The highest BCUT2D eigenvalue weighted by Crippen LogP contribution is 2.38. The van der Waals surface area contributed by atoms with E-state index < -0.39 is 6.02 Å². The number of hydrogen-bond donors (Lipinski definition) is 4. The van der Waals surface area contributed by atoms with Crippen molar-refractivity contribution in [1.82, 2.24) is 25.9 Å². The van der Waals surface area contributed by atoms with Crippen LogP contribution in [0.25, 0.3) is 10.9 Å². The fraction of sp³-hybridized carbons (Fsp3) is 0.400. The van der Waals surface area contributed by atoms with Crippen molar-refractivity contribution in [2.75, 3.05) is 17.2 Å². The number of nitrogens with one attached hydrogen (secondary N) is 4. The highest BCUT2D eigenvalue weighted by atomic mass is 35.5. The summed E-state index contributed by atoms with van der Waals surface area (Å²) < 4.78 is 9.61. The normalized spacial score (nSPS) is 17.9. The fourth-order valence-electron chi connectivity index (χ4n) is 3.90. The monoisotopic (exact) mass is 509 g/mol. The van der Waals surface area contributed by atoms with Crippen molar-refractivity contribution < 1.29 is 1.37 Å². The molecule has 1 atom stereocenters. The van der Waals surface area contributed by atoms with Crippen molar-refractivity contribution in [3.8, 4) is 6.07 Å². The molecule has 4 N–H and O–H groups in total. The van der Waals surface area contributed by atoms with Gasteiger partial charge in [0, 0.05) is 36.1 Å². The summed E-state index contributed by atoms with van der Waals surface area (Å²) in [6.07, 6.45) is 5.74. The molecule has 10 heteroatoms. The first kappa shape index (κ1) is 22.4. The maximum atomic E-state index is 9.76. The standard InChI is InChI=1S/C25H29ClN8S/c1-14-24(35-13-30-14)23(20-11-34(33-32-20)17-5-6-17)31-16-7-18-21(29-12-25(2,3)4)15(9-27)10-28-22(18)19(26)8-16/h7-8,10-11,13,17,23,31-33H,5-6,12H2,1-4H3,(H,28,29)/t23-/m1/s1/i23D. The molecule has 2 aliphatic rings.